The third-order valence-electron chi connectivity index (χ3n) is 4.22. The molecule has 0 N–H and O–H groups in total. The molecular formula is C17H16Cl2N4O3. The lowest BCUT2D eigenvalue weighted by Crippen LogP contribution is -2.35. The Morgan fingerprint density at radius 3 is 2.54 bits per heavy atom. The van der Waals surface area contributed by atoms with Gasteiger partial charge in [0, 0.05) is 37.8 Å². The van der Waals surface area contributed by atoms with Crippen molar-refractivity contribution in [3.05, 3.63) is 62.3 Å². The molecule has 0 spiro atoms. The topological polar surface area (TPSA) is 79.6 Å². The van der Waals surface area contributed by atoms with Gasteiger partial charge in [0.15, 0.2) is 0 Å². The minimum Gasteiger partial charge on any atom is -0.355 e. The summed E-state index contributed by atoms with van der Waals surface area (Å²) in [5, 5.41) is 11.5. The van der Waals surface area contributed by atoms with Gasteiger partial charge in [-0.3, -0.25) is 14.9 Å². The number of aromatic nitrogens is 1. The molecule has 0 unspecified atom stereocenters. The normalized spacial score (nSPS) is 14.8. The fourth-order valence-corrected chi connectivity index (χ4v) is 3.13. The first-order valence-electron chi connectivity index (χ1n) is 8.05. The van der Waals surface area contributed by atoms with E-state index in [1.807, 2.05) is 4.90 Å². The SMILES string of the molecule is O=C(c1ccc(Cl)c(Cl)c1)N1CCCN(c2ccc([N+](=O)[O-])cn2)CC1. The Kier molecular flexibility index (Phi) is 5.58. The maximum atomic E-state index is 12.7. The van der Waals surface area contributed by atoms with Crippen LogP contribution in [0.25, 0.3) is 0 Å². The molecule has 0 atom stereocenters. The van der Waals surface area contributed by atoms with Gasteiger partial charge in [-0.2, -0.15) is 0 Å². The fourth-order valence-electron chi connectivity index (χ4n) is 2.83. The summed E-state index contributed by atoms with van der Waals surface area (Å²) in [6.45, 7) is 2.45. The van der Waals surface area contributed by atoms with Gasteiger partial charge in [0.1, 0.15) is 12.0 Å². The van der Waals surface area contributed by atoms with E-state index in [2.05, 4.69) is 4.98 Å². The molecule has 1 fully saturated rings. The zero-order valence-electron chi connectivity index (χ0n) is 13.8. The molecular weight excluding hydrogens is 379 g/mol. The quantitative estimate of drug-likeness (QED) is 0.586. The van der Waals surface area contributed by atoms with Gasteiger partial charge in [0.2, 0.25) is 0 Å². The molecule has 2 heterocycles. The van der Waals surface area contributed by atoms with Crippen LogP contribution in [0.1, 0.15) is 16.8 Å². The lowest BCUT2D eigenvalue weighted by molar-refractivity contribution is -0.385. The first-order valence-corrected chi connectivity index (χ1v) is 8.81. The molecule has 1 aromatic heterocycles. The number of amides is 1. The summed E-state index contributed by atoms with van der Waals surface area (Å²) in [5.41, 5.74) is 0.460. The van der Waals surface area contributed by atoms with Crippen molar-refractivity contribution in [3.63, 3.8) is 0 Å². The molecule has 26 heavy (non-hydrogen) atoms. The first kappa shape index (κ1) is 18.4. The smallest absolute Gasteiger partial charge is 0.287 e. The Hall–Kier alpha value is -2.38. The molecule has 1 aliphatic rings. The number of rotatable bonds is 3. The Labute approximate surface area is 160 Å². The van der Waals surface area contributed by atoms with Gasteiger partial charge in [-0.1, -0.05) is 23.2 Å². The highest BCUT2D eigenvalue weighted by Crippen LogP contribution is 2.24. The molecule has 0 bridgehead atoms. The van der Waals surface area contributed by atoms with Gasteiger partial charge >= 0.3 is 0 Å². The molecule has 1 amide bonds. The average molecular weight is 395 g/mol. The van der Waals surface area contributed by atoms with E-state index < -0.39 is 4.92 Å². The van der Waals surface area contributed by atoms with Gasteiger partial charge in [0.25, 0.3) is 11.6 Å². The van der Waals surface area contributed by atoms with E-state index in [9.17, 15) is 14.9 Å². The molecule has 7 nitrogen and oxygen atoms in total. The number of pyridine rings is 1. The van der Waals surface area contributed by atoms with E-state index in [0.717, 1.165) is 13.0 Å². The standard InChI is InChI=1S/C17H16Cl2N4O3/c18-14-4-2-12(10-15(14)19)17(24)22-7-1-6-21(8-9-22)16-5-3-13(11-20-16)23(25)26/h2-5,10-11H,1,6-9H2. The third-order valence-corrected chi connectivity index (χ3v) is 4.96. The second kappa shape index (κ2) is 7.88. The molecule has 2 aromatic rings. The molecule has 1 aliphatic heterocycles. The van der Waals surface area contributed by atoms with E-state index in [4.69, 9.17) is 23.2 Å². The Morgan fingerprint density at radius 1 is 1.08 bits per heavy atom. The van der Waals surface area contributed by atoms with E-state index in [0.29, 0.717) is 41.1 Å². The van der Waals surface area contributed by atoms with Crippen molar-refractivity contribution in [2.75, 3.05) is 31.1 Å². The van der Waals surface area contributed by atoms with Crippen LogP contribution in [0.15, 0.2) is 36.5 Å². The van der Waals surface area contributed by atoms with Gasteiger partial charge in [-0.25, -0.2) is 4.98 Å². The predicted molar refractivity (Wildman–Crippen MR) is 100 cm³/mol. The summed E-state index contributed by atoms with van der Waals surface area (Å²) >= 11 is 11.9. The number of nitro groups is 1. The number of hydrogen-bond donors (Lipinski definition) is 0. The second-order valence-electron chi connectivity index (χ2n) is 5.89. The number of carbonyl (C=O) groups is 1. The molecule has 1 saturated heterocycles. The van der Waals surface area contributed by atoms with Crippen molar-refractivity contribution in [1.82, 2.24) is 9.88 Å². The number of halogens is 2. The van der Waals surface area contributed by atoms with Crippen LogP contribution in [0.2, 0.25) is 10.0 Å². The summed E-state index contributed by atoms with van der Waals surface area (Å²) in [4.78, 5) is 30.9. The zero-order valence-corrected chi connectivity index (χ0v) is 15.3. The minimum atomic E-state index is -0.475. The van der Waals surface area contributed by atoms with Gasteiger partial charge in [-0.15, -0.1) is 0 Å². The number of benzene rings is 1. The summed E-state index contributed by atoms with van der Waals surface area (Å²) < 4.78 is 0. The number of nitrogens with zero attached hydrogens (tertiary/aromatic N) is 4. The number of carbonyl (C=O) groups excluding carboxylic acids is 1. The fraction of sp³-hybridized carbons (Fsp3) is 0.294. The highest BCUT2D eigenvalue weighted by atomic mass is 35.5. The maximum absolute atomic E-state index is 12.7. The van der Waals surface area contributed by atoms with Gasteiger partial charge in [0.05, 0.1) is 15.0 Å². The first-order chi connectivity index (χ1) is 12.5. The molecule has 3 rings (SSSR count). The molecule has 0 aliphatic carbocycles. The summed E-state index contributed by atoms with van der Waals surface area (Å²) in [5.74, 6) is 0.571. The summed E-state index contributed by atoms with van der Waals surface area (Å²) in [6.07, 6.45) is 2.02. The van der Waals surface area contributed by atoms with Gasteiger partial charge < -0.3 is 9.80 Å². The summed E-state index contributed by atoms with van der Waals surface area (Å²) in [7, 11) is 0. The van der Waals surface area contributed by atoms with Crippen LogP contribution in [0.3, 0.4) is 0 Å². The Morgan fingerprint density at radius 2 is 1.88 bits per heavy atom. The average Bonchev–Trinajstić information content (AvgIpc) is 2.89. The highest BCUT2D eigenvalue weighted by Gasteiger charge is 2.22. The highest BCUT2D eigenvalue weighted by molar-refractivity contribution is 6.42. The molecule has 0 radical (unpaired) electrons. The predicted octanol–water partition coefficient (Wildman–Crippen LogP) is 3.65. The van der Waals surface area contributed by atoms with Crippen LogP contribution in [-0.4, -0.2) is 46.9 Å². The van der Waals surface area contributed by atoms with Crippen molar-refractivity contribution in [1.29, 1.82) is 0 Å². The van der Waals surface area contributed by atoms with E-state index >= 15 is 0 Å². The van der Waals surface area contributed by atoms with E-state index in [1.54, 1.807) is 29.2 Å². The molecule has 136 valence electrons. The molecule has 1 aromatic carbocycles. The van der Waals surface area contributed by atoms with E-state index in [-0.39, 0.29) is 11.6 Å². The van der Waals surface area contributed by atoms with Crippen molar-refractivity contribution >= 4 is 40.6 Å². The zero-order chi connectivity index (χ0) is 18.7. The van der Waals surface area contributed by atoms with Crippen molar-refractivity contribution in [3.8, 4) is 0 Å². The van der Waals surface area contributed by atoms with Crippen LogP contribution in [0.5, 0.6) is 0 Å². The van der Waals surface area contributed by atoms with Crippen LogP contribution in [0, 0.1) is 10.1 Å². The third kappa shape index (κ3) is 4.05. The van der Waals surface area contributed by atoms with Crippen LogP contribution in [0.4, 0.5) is 11.5 Å². The van der Waals surface area contributed by atoms with Crippen molar-refractivity contribution in [2.24, 2.45) is 0 Å². The monoisotopic (exact) mass is 394 g/mol. The molecule has 0 saturated carbocycles. The maximum Gasteiger partial charge on any atom is 0.287 e. The number of anilines is 1. The largest absolute Gasteiger partial charge is 0.355 e. The Balaban J connectivity index is 1.68. The second-order valence-corrected chi connectivity index (χ2v) is 6.71. The van der Waals surface area contributed by atoms with Crippen LogP contribution in [-0.2, 0) is 0 Å². The van der Waals surface area contributed by atoms with Crippen LogP contribution < -0.4 is 4.90 Å². The van der Waals surface area contributed by atoms with Crippen LogP contribution >= 0.6 is 23.2 Å². The summed E-state index contributed by atoms with van der Waals surface area (Å²) in [6, 6.07) is 7.92. The van der Waals surface area contributed by atoms with Crippen molar-refractivity contribution < 1.29 is 9.72 Å². The molecule has 9 heteroatoms. The minimum absolute atomic E-state index is 0.0417. The Bertz CT molecular complexity index is 829. The number of hydrogen-bond acceptors (Lipinski definition) is 5. The van der Waals surface area contributed by atoms with E-state index in [1.165, 1.54) is 12.3 Å². The van der Waals surface area contributed by atoms with Gasteiger partial charge in [-0.05, 0) is 30.7 Å². The lowest BCUT2D eigenvalue weighted by atomic mass is 10.2. The van der Waals surface area contributed by atoms with Crippen molar-refractivity contribution in [2.45, 2.75) is 6.42 Å². The lowest BCUT2D eigenvalue weighted by Gasteiger charge is -2.23.